The van der Waals surface area contributed by atoms with E-state index in [0.29, 0.717) is 18.9 Å². The van der Waals surface area contributed by atoms with Crippen LogP contribution in [0.3, 0.4) is 0 Å². The summed E-state index contributed by atoms with van der Waals surface area (Å²) in [7, 11) is 1.88. The fourth-order valence-corrected chi connectivity index (χ4v) is 3.31. The lowest BCUT2D eigenvalue weighted by atomic mass is 9.91. The Kier molecular flexibility index (Phi) is 5.13. The van der Waals surface area contributed by atoms with Crippen LogP contribution in [-0.2, 0) is 11.3 Å². The molecule has 0 bridgehead atoms. The van der Waals surface area contributed by atoms with E-state index in [9.17, 15) is 4.79 Å². The molecule has 3 rings (SSSR count). The average Bonchev–Trinajstić information content (AvgIpc) is 3.04. The maximum absolute atomic E-state index is 12.6. The zero-order valence-corrected chi connectivity index (χ0v) is 14.4. The van der Waals surface area contributed by atoms with Crippen molar-refractivity contribution in [1.82, 2.24) is 19.7 Å². The molecule has 1 aliphatic heterocycles. The normalized spacial score (nSPS) is 17.8. The molecule has 1 saturated heterocycles. The lowest BCUT2D eigenvalue weighted by Crippen LogP contribution is -2.39. The number of amides is 1. The smallest absolute Gasteiger partial charge is 0.224 e. The highest BCUT2D eigenvalue weighted by molar-refractivity contribution is 5.76. The number of aromatic nitrogens is 3. The molecule has 128 valence electrons. The Bertz CT molecular complexity index is 696. The van der Waals surface area contributed by atoms with Crippen LogP contribution >= 0.6 is 0 Å². The molecule has 1 atom stereocenters. The molecule has 0 saturated carbocycles. The second-order valence-electron chi connectivity index (χ2n) is 6.35. The van der Waals surface area contributed by atoms with Crippen molar-refractivity contribution in [3.63, 3.8) is 0 Å². The topological polar surface area (TPSA) is 63.1 Å². The zero-order chi connectivity index (χ0) is 16.9. The molecule has 1 aliphatic rings. The van der Waals surface area contributed by atoms with Crippen molar-refractivity contribution >= 4 is 11.7 Å². The number of nitrogens with one attached hydrogen (secondary N) is 1. The van der Waals surface area contributed by atoms with Gasteiger partial charge in [0.25, 0.3) is 0 Å². The Morgan fingerprint density at radius 1 is 1.38 bits per heavy atom. The van der Waals surface area contributed by atoms with E-state index in [4.69, 9.17) is 0 Å². The molecule has 0 spiro atoms. The van der Waals surface area contributed by atoms with E-state index in [-0.39, 0.29) is 5.91 Å². The summed E-state index contributed by atoms with van der Waals surface area (Å²) in [4.78, 5) is 18.8. The average molecular weight is 327 g/mol. The number of piperidine rings is 1. The van der Waals surface area contributed by atoms with E-state index in [2.05, 4.69) is 27.5 Å². The van der Waals surface area contributed by atoms with Crippen molar-refractivity contribution in [2.75, 3.05) is 25.5 Å². The van der Waals surface area contributed by atoms with Crippen molar-refractivity contribution in [2.24, 2.45) is 0 Å². The Hall–Kier alpha value is -2.37. The minimum atomic E-state index is 0.220. The quantitative estimate of drug-likeness (QED) is 0.916. The zero-order valence-electron chi connectivity index (χ0n) is 14.4. The monoisotopic (exact) mass is 327 g/mol. The Morgan fingerprint density at radius 3 is 3.00 bits per heavy atom. The fourth-order valence-electron chi connectivity index (χ4n) is 3.31. The summed E-state index contributed by atoms with van der Waals surface area (Å²) in [6, 6.07) is 6.11. The molecule has 0 unspecified atom stereocenters. The number of rotatable bonds is 5. The number of carbonyl (C=O) groups is 1. The summed E-state index contributed by atoms with van der Waals surface area (Å²) < 4.78 is 1.89. The van der Waals surface area contributed by atoms with Crippen LogP contribution in [0.5, 0.6) is 0 Å². The first-order valence-electron chi connectivity index (χ1n) is 8.57. The van der Waals surface area contributed by atoms with Crippen molar-refractivity contribution in [3.05, 3.63) is 41.9 Å². The number of anilines is 1. The predicted octanol–water partition coefficient (Wildman–Crippen LogP) is 2.42. The summed E-state index contributed by atoms with van der Waals surface area (Å²) >= 11 is 0. The highest BCUT2D eigenvalue weighted by Gasteiger charge is 2.24. The Labute approximate surface area is 142 Å². The van der Waals surface area contributed by atoms with Crippen molar-refractivity contribution in [1.29, 1.82) is 0 Å². The number of aryl methyl sites for hydroxylation is 2. The maximum Gasteiger partial charge on any atom is 0.224 e. The number of nitrogens with zero attached hydrogens (tertiary/aromatic N) is 4. The number of likely N-dealkylation sites (tertiary alicyclic amines) is 1. The van der Waals surface area contributed by atoms with Gasteiger partial charge in [0.2, 0.25) is 5.91 Å². The SMILES string of the molecule is CNc1cc([C@H]2CCCN(C(=O)CCn3nccc3C)C2)ccn1. The number of carbonyl (C=O) groups excluding carboxylic acids is 1. The van der Waals surface area contributed by atoms with Crippen molar-refractivity contribution in [3.8, 4) is 0 Å². The molecule has 0 aliphatic carbocycles. The van der Waals surface area contributed by atoms with Gasteiger partial charge in [0.05, 0.1) is 0 Å². The summed E-state index contributed by atoms with van der Waals surface area (Å²) in [6.45, 7) is 4.32. The third kappa shape index (κ3) is 3.75. The molecule has 1 amide bonds. The lowest BCUT2D eigenvalue weighted by Gasteiger charge is -2.33. The lowest BCUT2D eigenvalue weighted by molar-refractivity contribution is -0.132. The van der Waals surface area contributed by atoms with E-state index in [1.807, 2.05) is 35.8 Å². The van der Waals surface area contributed by atoms with Crippen molar-refractivity contribution < 1.29 is 4.79 Å². The van der Waals surface area contributed by atoms with Gasteiger partial charge in [-0.25, -0.2) is 4.98 Å². The highest BCUT2D eigenvalue weighted by Crippen LogP contribution is 2.28. The first-order chi connectivity index (χ1) is 11.7. The standard InChI is InChI=1S/C18H25N5O/c1-14-5-9-21-23(14)11-7-18(24)22-10-3-4-16(13-22)15-6-8-20-17(12-15)19-2/h5-6,8-9,12,16H,3-4,7,10-11,13H2,1-2H3,(H,19,20)/t16-/m0/s1. The minimum Gasteiger partial charge on any atom is -0.373 e. The first kappa shape index (κ1) is 16.5. The van der Waals surface area contributed by atoms with E-state index in [1.165, 1.54) is 5.56 Å². The molecule has 3 heterocycles. The molecule has 0 aromatic carbocycles. The highest BCUT2D eigenvalue weighted by atomic mass is 16.2. The van der Waals surface area contributed by atoms with Gasteiger partial charge in [0.15, 0.2) is 0 Å². The van der Waals surface area contributed by atoms with E-state index in [0.717, 1.165) is 37.4 Å². The largest absolute Gasteiger partial charge is 0.373 e. The van der Waals surface area contributed by atoms with Gasteiger partial charge in [0.1, 0.15) is 5.82 Å². The van der Waals surface area contributed by atoms with Gasteiger partial charge in [-0.3, -0.25) is 9.48 Å². The van der Waals surface area contributed by atoms with Crippen LogP contribution < -0.4 is 5.32 Å². The molecule has 2 aromatic heterocycles. The maximum atomic E-state index is 12.6. The van der Waals surface area contributed by atoms with Crippen LogP contribution in [0.1, 0.15) is 36.4 Å². The predicted molar refractivity (Wildman–Crippen MR) is 93.9 cm³/mol. The summed E-state index contributed by atoms with van der Waals surface area (Å²) in [5.74, 6) is 1.49. The van der Waals surface area contributed by atoms with Gasteiger partial charge in [-0.15, -0.1) is 0 Å². The Morgan fingerprint density at radius 2 is 2.25 bits per heavy atom. The van der Waals surface area contributed by atoms with Crippen LogP contribution in [0.4, 0.5) is 5.82 Å². The van der Waals surface area contributed by atoms with E-state index < -0.39 is 0 Å². The van der Waals surface area contributed by atoms with Crippen LogP contribution in [-0.4, -0.2) is 45.7 Å². The minimum absolute atomic E-state index is 0.220. The van der Waals surface area contributed by atoms with Crippen LogP contribution in [0.2, 0.25) is 0 Å². The first-order valence-corrected chi connectivity index (χ1v) is 8.57. The van der Waals surface area contributed by atoms with Gasteiger partial charge >= 0.3 is 0 Å². The van der Waals surface area contributed by atoms with Crippen LogP contribution in [0.15, 0.2) is 30.6 Å². The van der Waals surface area contributed by atoms with Crippen molar-refractivity contribution in [2.45, 2.75) is 38.6 Å². The molecular weight excluding hydrogens is 302 g/mol. The van der Waals surface area contributed by atoms with Gasteiger partial charge in [-0.05, 0) is 43.5 Å². The number of hydrogen-bond donors (Lipinski definition) is 1. The van der Waals surface area contributed by atoms with Gasteiger partial charge in [-0.1, -0.05) is 0 Å². The number of pyridine rings is 1. The molecule has 6 nitrogen and oxygen atoms in total. The van der Waals surface area contributed by atoms with Gasteiger partial charge in [0, 0.05) is 57.1 Å². The molecule has 1 N–H and O–H groups in total. The second kappa shape index (κ2) is 7.47. The third-order valence-corrected chi connectivity index (χ3v) is 4.75. The molecule has 0 radical (unpaired) electrons. The summed E-state index contributed by atoms with van der Waals surface area (Å²) in [6.07, 6.45) is 6.29. The van der Waals surface area contributed by atoms with Gasteiger partial charge < -0.3 is 10.2 Å². The molecule has 24 heavy (non-hydrogen) atoms. The van der Waals surface area contributed by atoms with E-state index in [1.54, 1.807) is 6.20 Å². The summed E-state index contributed by atoms with van der Waals surface area (Å²) in [5.41, 5.74) is 2.35. The molecular formula is C18H25N5O. The fraction of sp³-hybridized carbons (Fsp3) is 0.500. The second-order valence-corrected chi connectivity index (χ2v) is 6.35. The molecule has 1 fully saturated rings. The molecule has 2 aromatic rings. The van der Waals surface area contributed by atoms with Crippen LogP contribution in [0.25, 0.3) is 0 Å². The summed E-state index contributed by atoms with van der Waals surface area (Å²) in [5, 5.41) is 7.33. The van der Waals surface area contributed by atoms with Crippen LogP contribution in [0, 0.1) is 6.92 Å². The van der Waals surface area contributed by atoms with E-state index >= 15 is 0 Å². The Balaban J connectivity index is 1.60. The molecule has 6 heteroatoms. The third-order valence-electron chi connectivity index (χ3n) is 4.75. The number of hydrogen-bond acceptors (Lipinski definition) is 4. The van der Waals surface area contributed by atoms with Gasteiger partial charge in [-0.2, -0.15) is 5.10 Å².